The third kappa shape index (κ3) is 2.43. The van der Waals surface area contributed by atoms with Gasteiger partial charge >= 0.3 is 0 Å². The second kappa shape index (κ2) is 6.46. The first-order chi connectivity index (χ1) is 13.4. The van der Waals surface area contributed by atoms with Gasteiger partial charge in [-0.05, 0) is 68.2 Å². The van der Waals surface area contributed by atoms with Crippen molar-refractivity contribution in [3.05, 3.63) is 58.8 Å². The Morgan fingerprint density at radius 2 is 2.07 bits per heavy atom. The smallest absolute Gasteiger partial charge is 0.272 e. The molecule has 8 heteroatoms. The molecule has 0 unspecified atom stereocenters. The van der Waals surface area contributed by atoms with Gasteiger partial charge in [-0.15, -0.1) is 4.98 Å². The zero-order valence-corrected chi connectivity index (χ0v) is 15.8. The highest BCUT2D eigenvalue weighted by Crippen LogP contribution is 2.48. The van der Waals surface area contributed by atoms with Gasteiger partial charge in [-0.25, -0.2) is 4.39 Å². The first kappa shape index (κ1) is 18.2. The average Bonchev–Trinajstić information content (AvgIpc) is 2.88. The number of rotatable bonds is 3. The predicted octanol–water partition coefficient (Wildman–Crippen LogP) is 3.95. The molecule has 1 aliphatic carbocycles. The number of hydrogen-bond acceptors (Lipinski definition) is 4. The number of aryl methyl sites for hydroxylation is 1. The number of benzene rings is 1. The number of amides is 1. The Kier molecular flexibility index (Phi) is 4.20. The highest BCUT2D eigenvalue weighted by Gasteiger charge is 2.59. The molecule has 1 amide bonds. The Morgan fingerprint density at radius 3 is 2.61 bits per heavy atom. The van der Waals surface area contributed by atoms with Gasteiger partial charge < -0.3 is 9.74 Å². The minimum atomic E-state index is -0.849. The Hall–Kier alpha value is -3.18. The van der Waals surface area contributed by atoms with E-state index in [4.69, 9.17) is 18.8 Å². The molecule has 1 aromatic carbocycles. The Bertz CT molecular complexity index is 1070. The van der Waals surface area contributed by atoms with Crippen LogP contribution in [0.1, 0.15) is 35.2 Å². The molecular weight excluding hydrogens is 379 g/mol. The van der Waals surface area contributed by atoms with Crippen LogP contribution in [-0.4, -0.2) is 27.8 Å². The van der Waals surface area contributed by atoms with Crippen molar-refractivity contribution in [2.75, 3.05) is 9.80 Å². The van der Waals surface area contributed by atoms with Crippen LogP contribution in [0.25, 0.3) is 4.85 Å². The summed E-state index contributed by atoms with van der Waals surface area (Å²) >= 11 is 5.61. The van der Waals surface area contributed by atoms with E-state index in [0.29, 0.717) is 36.1 Å². The van der Waals surface area contributed by atoms with E-state index in [1.807, 2.05) is 0 Å². The Morgan fingerprint density at radius 1 is 1.32 bits per heavy atom. The minimum Gasteiger partial charge on any atom is -0.360 e. The predicted molar refractivity (Wildman–Crippen MR) is 106 cm³/mol. The molecule has 2 fully saturated rings. The standard InChI is InChI=1S/C20H15FN4O2S/c1-12-8-15(10-23-17(12)22-2)24-18(27)20(6-3-7-20)25(19(24)28)14-5-4-13(11-26)16(21)9-14/h4-5,8-11H,3,6-7H2,1H3. The van der Waals surface area contributed by atoms with Gasteiger partial charge in [-0.2, -0.15) is 0 Å². The van der Waals surface area contributed by atoms with Crippen LogP contribution in [0.3, 0.4) is 0 Å². The molecule has 6 nitrogen and oxygen atoms in total. The van der Waals surface area contributed by atoms with Crippen molar-refractivity contribution in [2.24, 2.45) is 0 Å². The van der Waals surface area contributed by atoms with Gasteiger partial charge in [-0.1, -0.05) is 6.57 Å². The third-order valence-corrected chi connectivity index (χ3v) is 5.73. The van der Waals surface area contributed by atoms with Crippen LogP contribution in [0.4, 0.5) is 21.6 Å². The summed E-state index contributed by atoms with van der Waals surface area (Å²) in [5, 5.41) is 0.236. The van der Waals surface area contributed by atoms with Crippen LogP contribution < -0.4 is 9.80 Å². The molecule has 1 aliphatic heterocycles. The van der Waals surface area contributed by atoms with E-state index < -0.39 is 11.4 Å². The molecule has 0 radical (unpaired) electrons. The number of carbonyl (C=O) groups excluding carboxylic acids is 2. The number of aldehydes is 1. The lowest BCUT2D eigenvalue weighted by atomic mass is 9.75. The molecule has 2 heterocycles. The van der Waals surface area contributed by atoms with Crippen LogP contribution in [0, 0.1) is 19.3 Å². The number of thiocarbonyl (C=S) groups is 1. The minimum absolute atomic E-state index is 0.0470. The largest absolute Gasteiger partial charge is 0.360 e. The number of anilines is 2. The van der Waals surface area contributed by atoms with E-state index >= 15 is 0 Å². The molecule has 1 spiro atoms. The number of pyridine rings is 1. The first-order valence-electron chi connectivity index (χ1n) is 8.70. The summed E-state index contributed by atoms with van der Waals surface area (Å²) in [6.07, 6.45) is 3.97. The first-order valence-corrected chi connectivity index (χ1v) is 9.11. The SMILES string of the molecule is [C-]#[N+]c1ncc(N2C(=O)C3(CCC3)N(c3ccc(C=O)c(F)c3)C2=S)cc1C. The summed E-state index contributed by atoms with van der Waals surface area (Å²) in [5.74, 6) is -0.571. The van der Waals surface area contributed by atoms with E-state index in [0.717, 1.165) is 6.42 Å². The van der Waals surface area contributed by atoms with Crippen molar-refractivity contribution < 1.29 is 14.0 Å². The molecule has 2 aliphatic rings. The van der Waals surface area contributed by atoms with Gasteiger partial charge in [-0.3, -0.25) is 14.5 Å². The number of aromatic nitrogens is 1. The van der Waals surface area contributed by atoms with Gasteiger partial charge in [0.2, 0.25) is 0 Å². The molecule has 2 aromatic rings. The normalized spacial score (nSPS) is 17.6. The third-order valence-electron chi connectivity index (χ3n) is 5.36. The fourth-order valence-corrected chi connectivity index (χ4v) is 4.22. The summed E-state index contributed by atoms with van der Waals surface area (Å²) in [5.41, 5.74) is 0.670. The van der Waals surface area contributed by atoms with E-state index in [9.17, 15) is 14.0 Å². The molecule has 1 saturated carbocycles. The van der Waals surface area contributed by atoms with Gasteiger partial charge in [0.25, 0.3) is 11.7 Å². The van der Waals surface area contributed by atoms with Gasteiger partial charge in [0.1, 0.15) is 17.6 Å². The Labute approximate surface area is 166 Å². The summed E-state index contributed by atoms with van der Waals surface area (Å²) in [4.78, 5) is 34.8. The molecule has 4 rings (SSSR count). The molecular formula is C20H15FN4O2S. The molecule has 28 heavy (non-hydrogen) atoms. The maximum Gasteiger partial charge on any atom is 0.272 e. The zero-order chi connectivity index (χ0) is 20.1. The molecule has 140 valence electrons. The van der Waals surface area contributed by atoms with Gasteiger partial charge in [0.15, 0.2) is 11.4 Å². The highest BCUT2D eigenvalue weighted by molar-refractivity contribution is 7.81. The molecule has 1 saturated heterocycles. The van der Waals surface area contributed by atoms with Crippen molar-refractivity contribution in [3.63, 3.8) is 0 Å². The van der Waals surface area contributed by atoms with E-state index in [1.165, 1.54) is 23.2 Å². The van der Waals surface area contributed by atoms with Gasteiger partial charge in [0.05, 0.1) is 11.3 Å². The average molecular weight is 394 g/mol. The van der Waals surface area contributed by atoms with E-state index in [1.54, 1.807) is 24.0 Å². The van der Waals surface area contributed by atoms with Crippen LogP contribution in [-0.2, 0) is 4.79 Å². The van der Waals surface area contributed by atoms with Crippen molar-refractivity contribution in [1.82, 2.24) is 4.98 Å². The number of carbonyl (C=O) groups is 2. The monoisotopic (exact) mass is 394 g/mol. The second-order valence-corrected chi connectivity index (χ2v) is 7.28. The second-order valence-electron chi connectivity index (χ2n) is 6.91. The maximum absolute atomic E-state index is 14.2. The molecule has 0 bridgehead atoms. The number of nitrogens with zero attached hydrogens (tertiary/aromatic N) is 4. The maximum atomic E-state index is 14.2. The Balaban J connectivity index is 1.80. The topological polar surface area (TPSA) is 57.9 Å². The molecule has 0 N–H and O–H groups in total. The van der Waals surface area contributed by atoms with Crippen LogP contribution in [0.5, 0.6) is 0 Å². The lowest BCUT2D eigenvalue weighted by Crippen LogP contribution is -2.55. The van der Waals surface area contributed by atoms with Crippen LogP contribution in [0.15, 0.2) is 30.5 Å². The van der Waals surface area contributed by atoms with Crippen molar-refractivity contribution in [3.8, 4) is 0 Å². The lowest BCUT2D eigenvalue weighted by molar-refractivity contribution is -0.123. The van der Waals surface area contributed by atoms with Gasteiger partial charge in [0, 0.05) is 5.69 Å². The van der Waals surface area contributed by atoms with E-state index in [-0.39, 0.29) is 22.4 Å². The fourth-order valence-electron chi connectivity index (χ4n) is 3.75. The van der Waals surface area contributed by atoms with E-state index in [2.05, 4.69) is 9.83 Å². The summed E-state index contributed by atoms with van der Waals surface area (Å²) < 4.78 is 14.2. The summed E-state index contributed by atoms with van der Waals surface area (Å²) in [7, 11) is 0. The quantitative estimate of drug-likeness (QED) is 0.448. The van der Waals surface area contributed by atoms with Crippen molar-refractivity contribution >= 4 is 46.7 Å². The molecule has 1 aromatic heterocycles. The number of hydrogen-bond donors (Lipinski definition) is 0. The van der Waals surface area contributed by atoms with Crippen LogP contribution in [0.2, 0.25) is 0 Å². The zero-order valence-electron chi connectivity index (χ0n) is 15.0. The molecule has 0 atom stereocenters. The van der Waals surface area contributed by atoms with Crippen molar-refractivity contribution in [1.29, 1.82) is 0 Å². The van der Waals surface area contributed by atoms with Crippen LogP contribution >= 0.6 is 12.2 Å². The summed E-state index contributed by atoms with van der Waals surface area (Å²) in [6.45, 7) is 8.88. The number of halogens is 1. The highest BCUT2D eigenvalue weighted by atomic mass is 32.1. The summed E-state index contributed by atoms with van der Waals surface area (Å²) in [6, 6.07) is 5.92. The van der Waals surface area contributed by atoms with Crippen molar-refractivity contribution in [2.45, 2.75) is 31.7 Å². The fraction of sp³-hybridized carbons (Fsp3) is 0.250. The lowest BCUT2D eigenvalue weighted by Gasteiger charge is -2.43.